The molecule has 176 valence electrons. The monoisotopic (exact) mass is 477 g/mol. The van der Waals surface area contributed by atoms with E-state index < -0.39 is 17.5 Å². The van der Waals surface area contributed by atoms with E-state index in [1.165, 1.54) is 17.6 Å². The number of hydrogen-bond donors (Lipinski definition) is 2. The average molecular weight is 478 g/mol. The number of hydrogen-bond acceptors (Lipinski definition) is 7. The van der Waals surface area contributed by atoms with Crippen molar-refractivity contribution < 1.29 is 23.0 Å². The number of rotatable bonds is 5. The van der Waals surface area contributed by atoms with E-state index in [4.69, 9.17) is 15.2 Å². The van der Waals surface area contributed by atoms with Gasteiger partial charge in [0.25, 0.3) is 5.91 Å². The lowest BCUT2D eigenvalue weighted by Crippen LogP contribution is -2.42. The molecule has 1 amide bonds. The molecule has 1 fully saturated rings. The number of benzene rings is 1. The van der Waals surface area contributed by atoms with Crippen LogP contribution in [0.2, 0.25) is 0 Å². The molecule has 1 saturated heterocycles. The van der Waals surface area contributed by atoms with Crippen molar-refractivity contribution >= 4 is 22.9 Å². The van der Waals surface area contributed by atoms with E-state index in [9.17, 15) is 13.6 Å². The van der Waals surface area contributed by atoms with Gasteiger partial charge in [-0.1, -0.05) is 6.07 Å². The molecule has 1 aliphatic rings. The number of carbonyl (C=O) groups is 1. The summed E-state index contributed by atoms with van der Waals surface area (Å²) in [6.45, 7) is 1.90. The maximum atomic E-state index is 14.1. The van der Waals surface area contributed by atoms with Crippen LogP contribution in [0.25, 0.3) is 10.6 Å². The summed E-state index contributed by atoms with van der Waals surface area (Å²) in [5, 5.41) is 8.62. The number of methoxy groups -OCH3 is 1. The number of anilines is 1. The third kappa shape index (κ3) is 4.67. The molecule has 33 heavy (non-hydrogen) atoms. The van der Waals surface area contributed by atoms with Crippen molar-refractivity contribution in [1.29, 1.82) is 0 Å². The fourth-order valence-corrected chi connectivity index (χ4v) is 4.98. The number of ether oxygens (including phenoxy) is 2. The summed E-state index contributed by atoms with van der Waals surface area (Å²) in [6, 6.07) is 3.40. The summed E-state index contributed by atoms with van der Waals surface area (Å²) in [5.74, 6) is -1.99. The van der Waals surface area contributed by atoms with Crippen molar-refractivity contribution in [3.8, 4) is 10.6 Å². The van der Waals surface area contributed by atoms with Crippen LogP contribution in [-0.2, 0) is 16.5 Å². The minimum atomic E-state index is -0.738. The van der Waals surface area contributed by atoms with Gasteiger partial charge in [-0.3, -0.25) is 9.48 Å². The first-order valence-electron chi connectivity index (χ1n) is 10.5. The second-order valence-corrected chi connectivity index (χ2v) is 8.79. The third-order valence-corrected chi connectivity index (χ3v) is 6.61. The Hall–Kier alpha value is -2.73. The summed E-state index contributed by atoms with van der Waals surface area (Å²) >= 11 is 0.988. The van der Waals surface area contributed by atoms with Crippen molar-refractivity contribution in [2.24, 2.45) is 12.8 Å². The van der Waals surface area contributed by atoms with Crippen LogP contribution in [0.15, 0.2) is 29.8 Å². The van der Waals surface area contributed by atoms with Crippen LogP contribution in [-0.4, -0.2) is 46.0 Å². The summed E-state index contributed by atoms with van der Waals surface area (Å²) in [7, 11) is 3.37. The number of halogens is 2. The molecule has 3 N–H and O–H groups in total. The van der Waals surface area contributed by atoms with Gasteiger partial charge in [-0.25, -0.2) is 13.8 Å². The summed E-state index contributed by atoms with van der Waals surface area (Å²) in [4.78, 5) is 17.0. The van der Waals surface area contributed by atoms with E-state index in [1.54, 1.807) is 18.8 Å². The number of carbonyl (C=O) groups excluding carboxylic acids is 1. The minimum absolute atomic E-state index is 0.0454. The molecule has 11 heteroatoms. The Labute approximate surface area is 193 Å². The maximum absolute atomic E-state index is 14.1. The van der Waals surface area contributed by atoms with Crippen molar-refractivity contribution in [2.45, 2.75) is 44.1 Å². The number of nitrogens with zero attached hydrogens (tertiary/aromatic N) is 3. The van der Waals surface area contributed by atoms with Crippen molar-refractivity contribution in [3.63, 3.8) is 0 Å². The lowest BCUT2D eigenvalue weighted by atomic mass is 10.0. The predicted octanol–water partition coefficient (Wildman–Crippen LogP) is 3.66. The number of aryl methyl sites for hydroxylation is 1. The SMILES string of the molecule is CO[C@H]1[C@H](N)CC[C@@H](c2c(NC(=O)c3csc(-c4c(F)cccc4F)n3)cnn2C)O[C@@H]1C. The Morgan fingerprint density at radius 3 is 2.76 bits per heavy atom. The van der Waals surface area contributed by atoms with Crippen molar-refractivity contribution in [3.05, 3.63) is 52.8 Å². The molecular formula is C22H25F2N5O3S. The van der Waals surface area contributed by atoms with Crippen molar-refractivity contribution in [1.82, 2.24) is 14.8 Å². The van der Waals surface area contributed by atoms with Gasteiger partial charge in [0.15, 0.2) is 0 Å². The molecule has 1 aromatic carbocycles. The third-order valence-electron chi connectivity index (χ3n) is 5.75. The van der Waals surface area contributed by atoms with Crippen LogP contribution in [0.1, 0.15) is 42.1 Å². The fourth-order valence-electron chi connectivity index (χ4n) is 4.13. The first kappa shape index (κ1) is 23.4. The standard InChI is InChI=1S/C22H25F2N5O3S/c1-11-20(31-3)14(25)7-8-17(32-11)19-15(9-26-29(19)2)27-21(30)16-10-33-22(28-16)18-12(23)5-4-6-13(18)24/h4-6,9-11,14,17,20H,7-8,25H2,1-3H3,(H,27,30)/t11-,14-,17+,20-/m1/s1. The summed E-state index contributed by atoms with van der Waals surface area (Å²) in [6.07, 6.45) is 1.98. The zero-order valence-corrected chi connectivity index (χ0v) is 19.2. The highest BCUT2D eigenvalue weighted by molar-refractivity contribution is 7.13. The topological polar surface area (TPSA) is 104 Å². The van der Waals surface area contributed by atoms with Crippen LogP contribution in [0.4, 0.5) is 14.5 Å². The van der Waals surface area contributed by atoms with Gasteiger partial charge in [0.05, 0.1) is 35.3 Å². The van der Waals surface area contributed by atoms with Gasteiger partial charge in [0, 0.05) is 25.6 Å². The molecule has 0 spiro atoms. The molecule has 0 saturated carbocycles. The Kier molecular flexibility index (Phi) is 6.84. The molecule has 3 aromatic rings. The number of nitrogens with two attached hydrogens (primary N) is 1. The van der Waals surface area contributed by atoms with Crippen LogP contribution >= 0.6 is 11.3 Å². The van der Waals surface area contributed by atoms with E-state index >= 15 is 0 Å². The Balaban J connectivity index is 1.56. The van der Waals surface area contributed by atoms with Gasteiger partial charge in [-0.05, 0) is 31.9 Å². The number of nitrogens with one attached hydrogen (secondary N) is 1. The van der Waals surface area contributed by atoms with Gasteiger partial charge < -0.3 is 20.5 Å². The molecule has 1 aliphatic heterocycles. The van der Waals surface area contributed by atoms with E-state index in [-0.39, 0.29) is 40.6 Å². The molecular weight excluding hydrogens is 452 g/mol. The van der Waals surface area contributed by atoms with E-state index in [1.807, 2.05) is 6.92 Å². The number of thiazole rings is 1. The highest BCUT2D eigenvalue weighted by Crippen LogP contribution is 2.35. The first-order valence-corrected chi connectivity index (χ1v) is 11.3. The van der Waals surface area contributed by atoms with Crippen molar-refractivity contribution in [2.75, 3.05) is 12.4 Å². The molecule has 4 rings (SSSR count). The highest BCUT2D eigenvalue weighted by atomic mass is 32.1. The second kappa shape index (κ2) is 9.64. The molecule has 0 aliphatic carbocycles. The quantitative estimate of drug-likeness (QED) is 0.581. The molecule has 2 aromatic heterocycles. The first-order chi connectivity index (χ1) is 15.8. The van der Waals surface area contributed by atoms with E-state index in [2.05, 4.69) is 15.4 Å². The van der Waals surface area contributed by atoms with Crippen LogP contribution < -0.4 is 11.1 Å². The maximum Gasteiger partial charge on any atom is 0.275 e. The molecule has 3 heterocycles. The Morgan fingerprint density at radius 2 is 2.06 bits per heavy atom. The summed E-state index contributed by atoms with van der Waals surface area (Å²) < 4.78 is 41.5. The van der Waals surface area contributed by atoms with Crippen LogP contribution in [0.3, 0.4) is 0 Å². The summed E-state index contributed by atoms with van der Waals surface area (Å²) in [5.41, 5.74) is 7.19. The highest BCUT2D eigenvalue weighted by Gasteiger charge is 2.34. The smallest absolute Gasteiger partial charge is 0.275 e. The van der Waals surface area contributed by atoms with Gasteiger partial charge in [0.2, 0.25) is 0 Å². The molecule has 4 atom stereocenters. The number of aromatic nitrogens is 3. The Bertz CT molecular complexity index is 1130. The van der Waals surface area contributed by atoms with E-state index in [0.29, 0.717) is 24.2 Å². The predicted molar refractivity (Wildman–Crippen MR) is 120 cm³/mol. The minimum Gasteiger partial charge on any atom is -0.377 e. The second-order valence-electron chi connectivity index (χ2n) is 7.93. The lowest BCUT2D eigenvalue weighted by molar-refractivity contribution is -0.0759. The molecule has 0 bridgehead atoms. The van der Waals surface area contributed by atoms with Gasteiger partial charge in [0.1, 0.15) is 28.4 Å². The lowest BCUT2D eigenvalue weighted by Gasteiger charge is -2.26. The zero-order valence-electron chi connectivity index (χ0n) is 18.4. The molecule has 0 unspecified atom stereocenters. The van der Waals surface area contributed by atoms with E-state index in [0.717, 1.165) is 23.5 Å². The molecule has 0 radical (unpaired) electrons. The molecule has 8 nitrogen and oxygen atoms in total. The van der Waals surface area contributed by atoms with Crippen LogP contribution in [0, 0.1) is 11.6 Å². The normalized spacial score (nSPS) is 23.3. The zero-order chi connectivity index (χ0) is 23.7. The largest absolute Gasteiger partial charge is 0.377 e. The number of amides is 1. The fraction of sp³-hybridized carbons (Fsp3) is 0.409. The average Bonchev–Trinajstić information content (AvgIpc) is 3.35. The van der Waals surface area contributed by atoms with Gasteiger partial charge >= 0.3 is 0 Å². The van der Waals surface area contributed by atoms with Gasteiger partial charge in [-0.2, -0.15) is 5.10 Å². The Morgan fingerprint density at radius 1 is 1.33 bits per heavy atom. The van der Waals surface area contributed by atoms with Gasteiger partial charge in [-0.15, -0.1) is 11.3 Å². The van der Waals surface area contributed by atoms with Crippen LogP contribution in [0.5, 0.6) is 0 Å².